The van der Waals surface area contributed by atoms with Crippen LogP contribution in [0, 0.1) is 5.92 Å². The lowest BCUT2D eigenvalue weighted by molar-refractivity contribution is 0.184. The highest BCUT2D eigenvalue weighted by molar-refractivity contribution is 5.27. The Balaban J connectivity index is 2.07. The minimum Gasteiger partial charge on any atom is -0.508 e. The maximum absolute atomic E-state index is 9.57. The van der Waals surface area contributed by atoms with Crippen LogP contribution in [0.5, 0.6) is 5.75 Å². The number of hydrogen-bond acceptors (Lipinski definition) is 3. The number of benzene rings is 1. The zero-order chi connectivity index (χ0) is 13.8. The molecule has 3 nitrogen and oxygen atoms in total. The van der Waals surface area contributed by atoms with Crippen molar-refractivity contribution in [2.75, 3.05) is 13.1 Å². The van der Waals surface area contributed by atoms with Crippen molar-refractivity contribution < 1.29 is 5.11 Å². The van der Waals surface area contributed by atoms with Crippen LogP contribution in [0.25, 0.3) is 0 Å². The fourth-order valence-electron chi connectivity index (χ4n) is 2.71. The van der Waals surface area contributed by atoms with Crippen LogP contribution in [-0.2, 0) is 6.54 Å². The minimum atomic E-state index is 0.360. The molecule has 0 aliphatic carbocycles. The van der Waals surface area contributed by atoms with Crippen LogP contribution in [0.2, 0.25) is 0 Å². The second kappa shape index (κ2) is 6.40. The summed E-state index contributed by atoms with van der Waals surface area (Å²) in [6.45, 7) is 9.95. The van der Waals surface area contributed by atoms with Crippen molar-refractivity contribution in [2.24, 2.45) is 5.92 Å². The summed E-state index contributed by atoms with van der Waals surface area (Å²) in [5, 5.41) is 13.2. The van der Waals surface area contributed by atoms with Crippen LogP contribution >= 0.6 is 0 Å². The summed E-state index contributed by atoms with van der Waals surface area (Å²) in [4.78, 5) is 2.53. The van der Waals surface area contributed by atoms with E-state index >= 15 is 0 Å². The van der Waals surface area contributed by atoms with E-state index in [-0.39, 0.29) is 0 Å². The third-order valence-corrected chi connectivity index (χ3v) is 4.12. The summed E-state index contributed by atoms with van der Waals surface area (Å²) >= 11 is 0. The van der Waals surface area contributed by atoms with E-state index in [0.717, 1.165) is 19.6 Å². The predicted octanol–water partition coefficient (Wildman–Crippen LogP) is 2.60. The van der Waals surface area contributed by atoms with Gasteiger partial charge in [0.15, 0.2) is 0 Å². The van der Waals surface area contributed by atoms with Crippen molar-refractivity contribution >= 4 is 0 Å². The van der Waals surface area contributed by atoms with Crippen molar-refractivity contribution in [2.45, 2.75) is 45.8 Å². The molecular formula is C16H26N2O. The first-order valence-corrected chi connectivity index (χ1v) is 7.31. The zero-order valence-corrected chi connectivity index (χ0v) is 12.3. The normalized spacial score (nSPS) is 25.5. The van der Waals surface area contributed by atoms with Gasteiger partial charge in [0.05, 0.1) is 0 Å². The molecule has 0 bridgehead atoms. The number of aromatic hydroxyl groups is 1. The summed E-state index contributed by atoms with van der Waals surface area (Å²) < 4.78 is 0. The van der Waals surface area contributed by atoms with Crippen LogP contribution in [-0.4, -0.2) is 35.2 Å². The van der Waals surface area contributed by atoms with E-state index in [1.807, 2.05) is 12.1 Å². The third kappa shape index (κ3) is 3.95. The van der Waals surface area contributed by atoms with E-state index in [9.17, 15) is 5.11 Å². The van der Waals surface area contributed by atoms with Gasteiger partial charge in [-0.05, 0) is 43.5 Å². The smallest absolute Gasteiger partial charge is 0.115 e. The Bertz CT molecular complexity index is 405. The summed E-state index contributed by atoms with van der Waals surface area (Å²) in [6.07, 6.45) is 1.18. The number of nitrogens with zero attached hydrogens (tertiary/aromatic N) is 1. The molecule has 2 N–H and O–H groups in total. The molecule has 1 aromatic carbocycles. The zero-order valence-electron chi connectivity index (χ0n) is 12.3. The maximum atomic E-state index is 9.57. The van der Waals surface area contributed by atoms with Crippen LogP contribution in [0.15, 0.2) is 24.3 Å². The van der Waals surface area contributed by atoms with Crippen LogP contribution in [0.1, 0.15) is 32.8 Å². The summed E-state index contributed by atoms with van der Waals surface area (Å²) in [5.74, 6) is 1.01. The lowest BCUT2D eigenvalue weighted by Gasteiger charge is -2.30. The fourth-order valence-corrected chi connectivity index (χ4v) is 2.71. The van der Waals surface area contributed by atoms with E-state index in [1.165, 1.54) is 12.0 Å². The van der Waals surface area contributed by atoms with Gasteiger partial charge in [-0.1, -0.05) is 26.0 Å². The molecular weight excluding hydrogens is 236 g/mol. The average Bonchev–Trinajstić information content (AvgIpc) is 2.52. The van der Waals surface area contributed by atoms with E-state index in [4.69, 9.17) is 0 Å². The van der Waals surface area contributed by atoms with Crippen molar-refractivity contribution in [3.8, 4) is 5.75 Å². The molecule has 2 atom stereocenters. The van der Waals surface area contributed by atoms with Crippen molar-refractivity contribution in [3.05, 3.63) is 29.8 Å². The van der Waals surface area contributed by atoms with Crippen molar-refractivity contribution in [1.82, 2.24) is 10.2 Å². The van der Waals surface area contributed by atoms with Gasteiger partial charge in [0.1, 0.15) is 5.75 Å². The van der Waals surface area contributed by atoms with Crippen LogP contribution < -0.4 is 5.32 Å². The first-order chi connectivity index (χ1) is 9.06. The quantitative estimate of drug-likeness (QED) is 0.879. The molecule has 0 aromatic heterocycles. The third-order valence-electron chi connectivity index (χ3n) is 4.12. The Hall–Kier alpha value is -1.06. The number of phenols is 1. The van der Waals surface area contributed by atoms with Crippen LogP contribution in [0.4, 0.5) is 0 Å². The maximum Gasteiger partial charge on any atom is 0.115 e. The van der Waals surface area contributed by atoms with E-state index in [0.29, 0.717) is 23.8 Å². The standard InChI is InChI=1S/C16H26N2O/c1-12(2)16-11-18(13(3)7-8-17-16)10-14-5-4-6-15(19)9-14/h4-6,9,12-13,16-17,19H,7-8,10-11H2,1-3H3. The van der Waals surface area contributed by atoms with E-state index < -0.39 is 0 Å². The van der Waals surface area contributed by atoms with E-state index in [2.05, 4.69) is 37.1 Å². The highest BCUT2D eigenvalue weighted by Gasteiger charge is 2.24. The number of rotatable bonds is 3. The van der Waals surface area contributed by atoms with Gasteiger partial charge in [0.25, 0.3) is 0 Å². The van der Waals surface area contributed by atoms with E-state index in [1.54, 1.807) is 6.07 Å². The molecule has 2 rings (SSSR count). The molecule has 0 amide bonds. The number of hydrogen-bond donors (Lipinski definition) is 2. The molecule has 1 aromatic rings. The van der Waals surface area contributed by atoms with Crippen molar-refractivity contribution in [1.29, 1.82) is 0 Å². The van der Waals surface area contributed by atoms with Gasteiger partial charge in [0.2, 0.25) is 0 Å². The van der Waals surface area contributed by atoms with Gasteiger partial charge in [-0.25, -0.2) is 0 Å². The highest BCUT2D eigenvalue weighted by Crippen LogP contribution is 2.18. The molecule has 1 heterocycles. The Kier molecular flexibility index (Phi) is 4.83. The Morgan fingerprint density at radius 1 is 1.42 bits per heavy atom. The monoisotopic (exact) mass is 262 g/mol. The lowest BCUT2D eigenvalue weighted by atomic mass is 10.0. The average molecular weight is 262 g/mol. The van der Waals surface area contributed by atoms with Gasteiger partial charge in [0, 0.05) is 25.2 Å². The fraction of sp³-hybridized carbons (Fsp3) is 0.625. The first kappa shape index (κ1) is 14.4. The lowest BCUT2D eigenvalue weighted by Crippen LogP contribution is -2.42. The minimum absolute atomic E-state index is 0.360. The molecule has 106 valence electrons. The second-order valence-electron chi connectivity index (χ2n) is 6.04. The molecule has 1 aliphatic rings. The molecule has 2 unspecified atom stereocenters. The predicted molar refractivity (Wildman–Crippen MR) is 79.2 cm³/mol. The SMILES string of the molecule is CC(C)C1CN(Cc2cccc(O)c2)C(C)CCN1. The molecule has 0 spiro atoms. The van der Waals surface area contributed by atoms with Crippen LogP contribution in [0.3, 0.4) is 0 Å². The second-order valence-corrected chi connectivity index (χ2v) is 6.04. The van der Waals surface area contributed by atoms with Crippen molar-refractivity contribution in [3.63, 3.8) is 0 Å². The van der Waals surface area contributed by atoms with Gasteiger partial charge in [-0.3, -0.25) is 4.90 Å². The van der Waals surface area contributed by atoms with Gasteiger partial charge in [-0.2, -0.15) is 0 Å². The molecule has 1 saturated heterocycles. The molecule has 19 heavy (non-hydrogen) atoms. The number of nitrogens with one attached hydrogen (secondary N) is 1. The Morgan fingerprint density at radius 3 is 2.89 bits per heavy atom. The molecule has 1 fully saturated rings. The molecule has 0 saturated carbocycles. The Labute approximate surface area is 116 Å². The topological polar surface area (TPSA) is 35.5 Å². The largest absolute Gasteiger partial charge is 0.508 e. The van der Waals surface area contributed by atoms with Gasteiger partial charge >= 0.3 is 0 Å². The Morgan fingerprint density at radius 2 is 2.21 bits per heavy atom. The summed E-state index contributed by atoms with van der Waals surface area (Å²) in [5.41, 5.74) is 1.19. The molecule has 0 radical (unpaired) electrons. The summed E-state index contributed by atoms with van der Waals surface area (Å²) in [6, 6.07) is 8.75. The number of phenolic OH excluding ortho intramolecular Hbond substituents is 1. The molecule has 3 heteroatoms. The summed E-state index contributed by atoms with van der Waals surface area (Å²) in [7, 11) is 0. The first-order valence-electron chi connectivity index (χ1n) is 7.31. The van der Waals surface area contributed by atoms with Gasteiger partial charge < -0.3 is 10.4 Å². The molecule has 1 aliphatic heterocycles. The van der Waals surface area contributed by atoms with Gasteiger partial charge in [-0.15, -0.1) is 0 Å². The highest BCUT2D eigenvalue weighted by atomic mass is 16.3.